The Hall–Kier alpha value is -0.450. The number of ketones is 1. The van der Waals surface area contributed by atoms with Crippen molar-refractivity contribution in [1.82, 2.24) is 5.32 Å². The van der Waals surface area contributed by atoms with E-state index in [1.54, 1.807) is 0 Å². The summed E-state index contributed by atoms with van der Waals surface area (Å²) in [6.45, 7) is 6.50. The lowest BCUT2D eigenvalue weighted by Gasteiger charge is -2.06. The highest BCUT2D eigenvalue weighted by Crippen LogP contribution is 1.94. The van der Waals surface area contributed by atoms with Gasteiger partial charge in [0, 0.05) is 12.5 Å². The van der Waals surface area contributed by atoms with Crippen molar-refractivity contribution >= 4 is 5.78 Å². The van der Waals surface area contributed by atoms with E-state index in [4.69, 9.17) is 9.47 Å². The smallest absolute Gasteiger partial charge is 0.160 e. The minimum absolute atomic E-state index is 0.0557. The number of Topliss-reactive ketones (excluding diaryl/α,β-unsaturated/α-hetero) is 1. The lowest BCUT2D eigenvalue weighted by Crippen LogP contribution is -2.19. The van der Waals surface area contributed by atoms with Gasteiger partial charge < -0.3 is 14.8 Å². The summed E-state index contributed by atoms with van der Waals surface area (Å²) >= 11 is 0. The first-order valence-corrected chi connectivity index (χ1v) is 5.01. The normalized spacial score (nSPS) is 10.9. The molecule has 0 aliphatic carbocycles. The molecule has 0 heterocycles. The monoisotopic (exact) mass is 203 g/mol. The van der Waals surface area contributed by atoms with E-state index < -0.39 is 0 Å². The molecule has 0 radical (unpaired) electrons. The SMILES string of the molecule is CNCCOCCOCC(=O)C(C)C. The quantitative estimate of drug-likeness (QED) is 0.553. The molecule has 0 aromatic carbocycles. The summed E-state index contributed by atoms with van der Waals surface area (Å²) in [5.41, 5.74) is 0. The molecule has 0 aliphatic heterocycles. The Morgan fingerprint density at radius 3 is 2.43 bits per heavy atom. The summed E-state index contributed by atoms with van der Waals surface area (Å²) in [6, 6.07) is 0. The second-order valence-electron chi connectivity index (χ2n) is 3.39. The molecule has 4 nitrogen and oxygen atoms in total. The molecule has 84 valence electrons. The first kappa shape index (κ1) is 13.5. The van der Waals surface area contributed by atoms with E-state index in [0.29, 0.717) is 19.8 Å². The van der Waals surface area contributed by atoms with Gasteiger partial charge in [-0.3, -0.25) is 4.79 Å². The molecule has 0 aliphatic rings. The first-order chi connectivity index (χ1) is 6.68. The minimum atomic E-state index is 0.0557. The summed E-state index contributed by atoms with van der Waals surface area (Å²) in [7, 11) is 1.88. The number of likely N-dealkylation sites (N-methyl/N-ethyl adjacent to an activating group) is 1. The number of carbonyl (C=O) groups excluding carboxylic acids is 1. The molecule has 0 spiro atoms. The Labute approximate surface area is 86.0 Å². The van der Waals surface area contributed by atoms with Crippen LogP contribution < -0.4 is 5.32 Å². The standard InChI is InChI=1S/C10H21NO3/c1-9(2)10(12)8-14-7-6-13-5-4-11-3/h9,11H,4-8H2,1-3H3. The molecule has 14 heavy (non-hydrogen) atoms. The van der Waals surface area contributed by atoms with Gasteiger partial charge in [0.15, 0.2) is 5.78 Å². The van der Waals surface area contributed by atoms with Crippen molar-refractivity contribution in [2.45, 2.75) is 13.8 Å². The van der Waals surface area contributed by atoms with Crippen molar-refractivity contribution in [3.8, 4) is 0 Å². The lowest BCUT2D eigenvalue weighted by molar-refractivity contribution is -0.127. The molecule has 0 aromatic heterocycles. The molecular weight excluding hydrogens is 182 g/mol. The first-order valence-electron chi connectivity index (χ1n) is 5.01. The molecule has 0 aromatic rings. The molecule has 0 amide bonds. The van der Waals surface area contributed by atoms with Crippen LogP contribution in [0.2, 0.25) is 0 Å². The fourth-order valence-corrected chi connectivity index (χ4v) is 0.734. The van der Waals surface area contributed by atoms with Gasteiger partial charge in [-0.2, -0.15) is 0 Å². The number of hydrogen-bond donors (Lipinski definition) is 1. The number of hydrogen-bond acceptors (Lipinski definition) is 4. The van der Waals surface area contributed by atoms with Crippen LogP contribution in [0.1, 0.15) is 13.8 Å². The number of carbonyl (C=O) groups is 1. The van der Waals surface area contributed by atoms with Crippen LogP contribution in [0.15, 0.2) is 0 Å². The lowest BCUT2D eigenvalue weighted by atomic mass is 10.1. The molecule has 0 unspecified atom stereocenters. The Balaban J connectivity index is 3.10. The second-order valence-corrected chi connectivity index (χ2v) is 3.39. The Morgan fingerprint density at radius 2 is 1.86 bits per heavy atom. The van der Waals surface area contributed by atoms with Crippen LogP contribution in [0.4, 0.5) is 0 Å². The molecule has 0 bridgehead atoms. The third-order valence-corrected chi connectivity index (χ3v) is 1.76. The van der Waals surface area contributed by atoms with Crippen molar-refractivity contribution in [2.75, 3.05) is 40.0 Å². The highest BCUT2D eigenvalue weighted by Gasteiger charge is 2.05. The largest absolute Gasteiger partial charge is 0.378 e. The van der Waals surface area contributed by atoms with Crippen LogP contribution in [0.3, 0.4) is 0 Å². The van der Waals surface area contributed by atoms with Crippen LogP contribution in [0.25, 0.3) is 0 Å². The second kappa shape index (κ2) is 9.12. The highest BCUT2D eigenvalue weighted by molar-refractivity contribution is 5.81. The number of rotatable bonds is 9. The number of ether oxygens (including phenoxy) is 2. The van der Waals surface area contributed by atoms with Gasteiger partial charge in [0.2, 0.25) is 0 Å². The fourth-order valence-electron chi connectivity index (χ4n) is 0.734. The van der Waals surface area contributed by atoms with Crippen molar-refractivity contribution < 1.29 is 14.3 Å². The van der Waals surface area contributed by atoms with Gasteiger partial charge in [-0.05, 0) is 7.05 Å². The summed E-state index contributed by atoms with van der Waals surface area (Å²) in [5, 5.41) is 2.97. The minimum Gasteiger partial charge on any atom is -0.378 e. The molecular formula is C10H21NO3. The van der Waals surface area contributed by atoms with E-state index >= 15 is 0 Å². The third kappa shape index (κ3) is 8.16. The molecule has 0 fully saturated rings. The summed E-state index contributed by atoms with van der Waals surface area (Å²) < 4.78 is 10.4. The van der Waals surface area contributed by atoms with Crippen LogP contribution >= 0.6 is 0 Å². The zero-order valence-corrected chi connectivity index (χ0v) is 9.34. The predicted octanol–water partition coefficient (Wildman–Crippen LogP) is 0.464. The van der Waals surface area contributed by atoms with Crippen molar-refractivity contribution in [2.24, 2.45) is 5.92 Å². The van der Waals surface area contributed by atoms with Crippen LogP contribution in [-0.4, -0.2) is 45.8 Å². The summed E-state index contributed by atoms with van der Waals surface area (Å²) in [6.07, 6.45) is 0. The van der Waals surface area contributed by atoms with E-state index in [1.165, 1.54) is 0 Å². The Kier molecular flexibility index (Phi) is 8.83. The van der Waals surface area contributed by atoms with Gasteiger partial charge >= 0.3 is 0 Å². The summed E-state index contributed by atoms with van der Waals surface area (Å²) in [5.74, 6) is 0.195. The van der Waals surface area contributed by atoms with E-state index in [9.17, 15) is 4.79 Å². The van der Waals surface area contributed by atoms with Crippen molar-refractivity contribution in [1.29, 1.82) is 0 Å². The molecule has 1 N–H and O–H groups in total. The van der Waals surface area contributed by atoms with Crippen LogP contribution in [0, 0.1) is 5.92 Å². The van der Waals surface area contributed by atoms with Gasteiger partial charge in [-0.1, -0.05) is 13.8 Å². The molecule has 0 saturated carbocycles. The Morgan fingerprint density at radius 1 is 1.21 bits per heavy atom. The van der Waals surface area contributed by atoms with Crippen LogP contribution in [0.5, 0.6) is 0 Å². The van der Waals surface area contributed by atoms with E-state index in [0.717, 1.165) is 6.54 Å². The predicted molar refractivity (Wildman–Crippen MR) is 55.4 cm³/mol. The zero-order valence-electron chi connectivity index (χ0n) is 9.34. The molecule has 0 atom stereocenters. The maximum atomic E-state index is 11.1. The summed E-state index contributed by atoms with van der Waals surface area (Å²) in [4.78, 5) is 11.1. The van der Waals surface area contributed by atoms with Gasteiger partial charge in [0.1, 0.15) is 6.61 Å². The van der Waals surface area contributed by atoms with E-state index in [-0.39, 0.29) is 18.3 Å². The van der Waals surface area contributed by atoms with Gasteiger partial charge in [0.25, 0.3) is 0 Å². The average Bonchev–Trinajstić information content (AvgIpc) is 2.16. The van der Waals surface area contributed by atoms with Crippen LogP contribution in [-0.2, 0) is 14.3 Å². The molecule has 0 rings (SSSR count). The van der Waals surface area contributed by atoms with Gasteiger partial charge in [0.05, 0.1) is 19.8 Å². The Bertz CT molecular complexity index is 148. The fraction of sp³-hybridized carbons (Fsp3) is 0.900. The maximum Gasteiger partial charge on any atom is 0.160 e. The number of nitrogens with one attached hydrogen (secondary N) is 1. The average molecular weight is 203 g/mol. The highest BCUT2D eigenvalue weighted by atomic mass is 16.5. The van der Waals surface area contributed by atoms with Gasteiger partial charge in [-0.25, -0.2) is 0 Å². The van der Waals surface area contributed by atoms with Crippen molar-refractivity contribution in [3.05, 3.63) is 0 Å². The molecule has 0 saturated heterocycles. The van der Waals surface area contributed by atoms with E-state index in [2.05, 4.69) is 5.32 Å². The zero-order chi connectivity index (χ0) is 10.8. The van der Waals surface area contributed by atoms with E-state index in [1.807, 2.05) is 20.9 Å². The van der Waals surface area contributed by atoms with Crippen molar-refractivity contribution in [3.63, 3.8) is 0 Å². The topological polar surface area (TPSA) is 47.6 Å². The third-order valence-electron chi connectivity index (χ3n) is 1.76. The maximum absolute atomic E-state index is 11.1. The molecule has 4 heteroatoms. The van der Waals surface area contributed by atoms with Gasteiger partial charge in [-0.15, -0.1) is 0 Å².